The van der Waals surface area contributed by atoms with E-state index in [9.17, 15) is 9.59 Å². The first-order valence-corrected chi connectivity index (χ1v) is 9.99. The van der Waals surface area contributed by atoms with Crippen molar-refractivity contribution in [3.63, 3.8) is 0 Å². The number of imidazole rings is 1. The molecule has 4 rings (SSSR count). The standard InChI is InChI=1S/C20H25N5O5/c1-22-17-16(18(28)25(20(22)29)8-4-11-26)24-10-9-23(19(24)21-17)14-6-2-3-7-15(14)30-13-5-12-27/h2-3,6-7,26-27H,4-5,8-13H2,1H3. The van der Waals surface area contributed by atoms with Gasteiger partial charge >= 0.3 is 5.69 Å². The quantitative estimate of drug-likeness (QED) is 0.505. The van der Waals surface area contributed by atoms with Gasteiger partial charge < -0.3 is 24.4 Å². The van der Waals surface area contributed by atoms with Crippen LogP contribution >= 0.6 is 0 Å². The number of anilines is 2. The van der Waals surface area contributed by atoms with E-state index in [1.54, 1.807) is 7.05 Å². The van der Waals surface area contributed by atoms with Crippen molar-refractivity contribution in [2.45, 2.75) is 25.9 Å². The second-order valence-corrected chi connectivity index (χ2v) is 7.16. The van der Waals surface area contributed by atoms with Crippen LogP contribution in [0.5, 0.6) is 5.75 Å². The minimum atomic E-state index is -0.447. The molecule has 3 heterocycles. The number of rotatable bonds is 8. The first-order chi connectivity index (χ1) is 14.6. The fourth-order valence-electron chi connectivity index (χ4n) is 3.78. The van der Waals surface area contributed by atoms with Crippen LogP contribution in [0.1, 0.15) is 12.8 Å². The number of benzene rings is 1. The van der Waals surface area contributed by atoms with Crippen molar-refractivity contribution in [2.24, 2.45) is 7.05 Å². The van der Waals surface area contributed by atoms with Gasteiger partial charge in [0.2, 0.25) is 5.95 Å². The van der Waals surface area contributed by atoms with Gasteiger partial charge in [-0.15, -0.1) is 0 Å². The summed E-state index contributed by atoms with van der Waals surface area (Å²) in [4.78, 5) is 32.3. The lowest BCUT2D eigenvalue weighted by Crippen LogP contribution is -2.39. The summed E-state index contributed by atoms with van der Waals surface area (Å²) in [7, 11) is 1.60. The lowest BCUT2D eigenvalue weighted by atomic mass is 10.2. The lowest BCUT2D eigenvalue weighted by Gasteiger charge is -2.20. The summed E-state index contributed by atoms with van der Waals surface area (Å²) in [5.74, 6) is 1.25. The minimum absolute atomic E-state index is 0.0538. The van der Waals surface area contributed by atoms with Crippen LogP contribution in [-0.4, -0.2) is 55.3 Å². The maximum atomic E-state index is 13.1. The predicted molar refractivity (Wildman–Crippen MR) is 112 cm³/mol. The number of aryl methyl sites for hydroxylation is 1. The van der Waals surface area contributed by atoms with Crippen molar-refractivity contribution < 1.29 is 14.9 Å². The van der Waals surface area contributed by atoms with Gasteiger partial charge in [-0.25, -0.2) is 4.79 Å². The summed E-state index contributed by atoms with van der Waals surface area (Å²) in [6.07, 6.45) is 0.856. The summed E-state index contributed by atoms with van der Waals surface area (Å²) in [6.45, 7) is 1.66. The molecule has 0 fully saturated rings. The van der Waals surface area contributed by atoms with E-state index < -0.39 is 11.2 Å². The molecular formula is C20H25N5O5. The van der Waals surface area contributed by atoms with E-state index in [1.807, 2.05) is 33.7 Å². The summed E-state index contributed by atoms with van der Waals surface area (Å²) in [6, 6.07) is 7.55. The number of aliphatic hydroxyl groups excluding tert-OH is 2. The van der Waals surface area contributed by atoms with Crippen LogP contribution in [0.3, 0.4) is 0 Å². The number of para-hydroxylation sites is 2. The highest BCUT2D eigenvalue weighted by molar-refractivity contribution is 5.79. The molecular weight excluding hydrogens is 390 g/mol. The van der Waals surface area contributed by atoms with Gasteiger partial charge in [-0.2, -0.15) is 4.98 Å². The van der Waals surface area contributed by atoms with E-state index in [0.29, 0.717) is 55.4 Å². The third-order valence-electron chi connectivity index (χ3n) is 5.26. The van der Waals surface area contributed by atoms with Gasteiger partial charge in [0.25, 0.3) is 5.56 Å². The molecule has 0 bridgehead atoms. The highest BCUT2D eigenvalue weighted by Gasteiger charge is 2.30. The lowest BCUT2D eigenvalue weighted by molar-refractivity contribution is 0.234. The van der Waals surface area contributed by atoms with E-state index in [-0.39, 0.29) is 19.8 Å². The molecule has 2 N–H and O–H groups in total. The number of hydrogen-bond acceptors (Lipinski definition) is 7. The minimum Gasteiger partial charge on any atom is -0.491 e. The Morgan fingerprint density at radius 2 is 1.87 bits per heavy atom. The predicted octanol–water partition coefficient (Wildman–Crippen LogP) is 0.192. The van der Waals surface area contributed by atoms with E-state index in [4.69, 9.17) is 14.9 Å². The van der Waals surface area contributed by atoms with Gasteiger partial charge in [-0.3, -0.25) is 13.9 Å². The third-order valence-corrected chi connectivity index (χ3v) is 5.26. The molecule has 0 amide bonds. The Hall–Kier alpha value is -3.11. The molecule has 0 saturated heterocycles. The maximum Gasteiger partial charge on any atom is 0.332 e. The average molecular weight is 415 g/mol. The Morgan fingerprint density at radius 1 is 1.10 bits per heavy atom. The second kappa shape index (κ2) is 8.33. The normalized spacial score (nSPS) is 13.2. The first kappa shape index (κ1) is 20.2. The highest BCUT2D eigenvalue weighted by Crippen LogP contribution is 2.37. The smallest absolute Gasteiger partial charge is 0.332 e. The van der Waals surface area contributed by atoms with Gasteiger partial charge in [0.05, 0.1) is 12.3 Å². The van der Waals surface area contributed by atoms with Crippen LogP contribution in [0.15, 0.2) is 33.9 Å². The molecule has 0 unspecified atom stereocenters. The number of aromatic nitrogens is 4. The molecule has 1 aromatic carbocycles. The van der Waals surface area contributed by atoms with Gasteiger partial charge in [0, 0.05) is 46.3 Å². The van der Waals surface area contributed by atoms with Crippen LogP contribution < -0.4 is 20.9 Å². The van der Waals surface area contributed by atoms with Crippen LogP contribution in [0.2, 0.25) is 0 Å². The number of aliphatic hydroxyl groups is 2. The molecule has 0 aliphatic carbocycles. The zero-order valence-electron chi connectivity index (χ0n) is 16.8. The topological polar surface area (TPSA) is 115 Å². The SMILES string of the molecule is Cn1c(=O)n(CCCO)c(=O)c2c1nc1n2CCN1c1ccccc1OCCCO. The van der Waals surface area contributed by atoms with Gasteiger partial charge in [0.1, 0.15) is 5.75 Å². The fraction of sp³-hybridized carbons (Fsp3) is 0.450. The van der Waals surface area contributed by atoms with Crippen molar-refractivity contribution >= 4 is 22.8 Å². The molecule has 2 aromatic heterocycles. The fourth-order valence-corrected chi connectivity index (χ4v) is 3.78. The number of ether oxygens (including phenoxy) is 1. The van der Waals surface area contributed by atoms with Crippen LogP contribution in [-0.2, 0) is 20.1 Å². The van der Waals surface area contributed by atoms with Gasteiger partial charge in [-0.1, -0.05) is 12.1 Å². The monoisotopic (exact) mass is 415 g/mol. The molecule has 160 valence electrons. The average Bonchev–Trinajstić information content (AvgIpc) is 3.32. The van der Waals surface area contributed by atoms with E-state index >= 15 is 0 Å². The largest absolute Gasteiger partial charge is 0.491 e. The summed E-state index contributed by atoms with van der Waals surface area (Å²) in [5, 5.41) is 18.1. The second-order valence-electron chi connectivity index (χ2n) is 7.16. The molecule has 10 nitrogen and oxygen atoms in total. The van der Waals surface area contributed by atoms with Crippen molar-refractivity contribution in [3.05, 3.63) is 45.1 Å². The first-order valence-electron chi connectivity index (χ1n) is 9.99. The number of hydrogen-bond donors (Lipinski definition) is 2. The van der Waals surface area contributed by atoms with E-state index in [1.165, 1.54) is 4.57 Å². The number of fused-ring (bicyclic) bond motifs is 3. The summed E-state index contributed by atoms with van der Waals surface area (Å²) < 4.78 is 10.2. The van der Waals surface area contributed by atoms with Crippen LogP contribution in [0.25, 0.3) is 11.2 Å². The van der Waals surface area contributed by atoms with Crippen molar-refractivity contribution in [2.75, 3.05) is 31.3 Å². The zero-order chi connectivity index (χ0) is 21.3. The van der Waals surface area contributed by atoms with E-state index in [2.05, 4.69) is 4.98 Å². The molecule has 1 aliphatic rings. The Balaban J connectivity index is 1.81. The molecule has 10 heteroatoms. The van der Waals surface area contributed by atoms with Gasteiger partial charge in [-0.05, 0) is 18.6 Å². The Morgan fingerprint density at radius 3 is 2.63 bits per heavy atom. The van der Waals surface area contributed by atoms with E-state index in [0.717, 1.165) is 10.3 Å². The Kier molecular flexibility index (Phi) is 5.60. The van der Waals surface area contributed by atoms with Crippen molar-refractivity contribution in [3.8, 4) is 5.75 Å². The molecule has 0 spiro atoms. The molecule has 0 atom stereocenters. The molecule has 0 saturated carbocycles. The van der Waals surface area contributed by atoms with Crippen LogP contribution in [0, 0.1) is 0 Å². The molecule has 0 radical (unpaired) electrons. The highest BCUT2D eigenvalue weighted by atomic mass is 16.5. The zero-order valence-corrected chi connectivity index (χ0v) is 16.8. The molecule has 3 aromatic rings. The molecule has 30 heavy (non-hydrogen) atoms. The Labute approximate surface area is 172 Å². The number of nitrogens with zero attached hydrogens (tertiary/aromatic N) is 5. The summed E-state index contributed by atoms with van der Waals surface area (Å²) >= 11 is 0. The third kappa shape index (κ3) is 3.27. The van der Waals surface area contributed by atoms with Crippen LogP contribution in [0.4, 0.5) is 11.6 Å². The molecule has 1 aliphatic heterocycles. The van der Waals surface area contributed by atoms with Crippen molar-refractivity contribution in [1.82, 2.24) is 18.7 Å². The Bertz CT molecular complexity index is 1180. The van der Waals surface area contributed by atoms with Crippen molar-refractivity contribution in [1.29, 1.82) is 0 Å². The summed E-state index contributed by atoms with van der Waals surface area (Å²) in [5.41, 5.74) is 0.691. The van der Waals surface area contributed by atoms with Gasteiger partial charge in [0.15, 0.2) is 11.2 Å². The maximum absolute atomic E-state index is 13.1.